The van der Waals surface area contributed by atoms with Crippen LogP contribution in [0.3, 0.4) is 0 Å². The lowest BCUT2D eigenvalue weighted by atomic mass is 10.1. The summed E-state index contributed by atoms with van der Waals surface area (Å²) in [5.41, 5.74) is 1.80. The second-order valence-electron chi connectivity index (χ2n) is 5.46. The van der Waals surface area contributed by atoms with Crippen LogP contribution in [0.5, 0.6) is 11.5 Å². The number of rotatable bonds is 6. The Kier molecular flexibility index (Phi) is 5.14. The minimum Gasteiger partial charge on any atom is -0.493 e. The summed E-state index contributed by atoms with van der Waals surface area (Å²) in [7, 11) is 1.58. The van der Waals surface area contributed by atoms with Gasteiger partial charge in [-0.15, -0.1) is 0 Å². The van der Waals surface area contributed by atoms with E-state index in [2.05, 4.69) is 4.99 Å². The van der Waals surface area contributed by atoms with E-state index in [0.29, 0.717) is 24.0 Å². The molecule has 0 N–H and O–H groups in total. The van der Waals surface area contributed by atoms with Crippen LogP contribution in [0.25, 0.3) is 6.08 Å². The SMILES string of the molecule is CCCOc1ccc(/C=C2\N=C(c3ccccc3)OC2=O)cc1OC. The van der Waals surface area contributed by atoms with E-state index in [0.717, 1.165) is 17.5 Å². The molecule has 1 aliphatic heterocycles. The maximum atomic E-state index is 12.1. The van der Waals surface area contributed by atoms with E-state index in [1.165, 1.54) is 0 Å². The Bertz CT molecular complexity index is 825. The van der Waals surface area contributed by atoms with Gasteiger partial charge in [-0.25, -0.2) is 9.79 Å². The monoisotopic (exact) mass is 337 g/mol. The first-order chi connectivity index (χ1) is 12.2. The third kappa shape index (κ3) is 3.88. The van der Waals surface area contributed by atoms with E-state index in [1.807, 2.05) is 49.4 Å². The van der Waals surface area contributed by atoms with E-state index in [9.17, 15) is 4.79 Å². The van der Waals surface area contributed by atoms with Gasteiger partial charge in [-0.2, -0.15) is 0 Å². The molecule has 3 rings (SSSR count). The highest BCUT2D eigenvalue weighted by atomic mass is 16.6. The summed E-state index contributed by atoms with van der Waals surface area (Å²) in [6.45, 7) is 2.66. The molecule has 0 saturated heterocycles. The number of cyclic esters (lactones) is 1. The number of carbonyl (C=O) groups excluding carboxylic acids is 1. The first-order valence-electron chi connectivity index (χ1n) is 8.10. The molecule has 128 valence electrons. The van der Waals surface area contributed by atoms with Crippen molar-refractivity contribution in [3.05, 3.63) is 65.4 Å². The molecular formula is C20H19NO4. The van der Waals surface area contributed by atoms with Crippen molar-refractivity contribution in [3.8, 4) is 11.5 Å². The zero-order valence-corrected chi connectivity index (χ0v) is 14.2. The van der Waals surface area contributed by atoms with Crippen LogP contribution in [0.1, 0.15) is 24.5 Å². The van der Waals surface area contributed by atoms with Crippen LogP contribution in [-0.4, -0.2) is 25.6 Å². The summed E-state index contributed by atoms with van der Waals surface area (Å²) in [6.07, 6.45) is 2.59. The van der Waals surface area contributed by atoms with Crippen LogP contribution < -0.4 is 9.47 Å². The van der Waals surface area contributed by atoms with E-state index in [-0.39, 0.29) is 5.70 Å². The van der Waals surface area contributed by atoms with Gasteiger partial charge in [0.1, 0.15) is 0 Å². The van der Waals surface area contributed by atoms with Crippen LogP contribution in [0.2, 0.25) is 0 Å². The van der Waals surface area contributed by atoms with Crippen molar-refractivity contribution in [2.24, 2.45) is 4.99 Å². The first-order valence-corrected chi connectivity index (χ1v) is 8.10. The number of esters is 1. The molecule has 0 atom stereocenters. The molecule has 2 aromatic rings. The molecule has 0 aromatic heterocycles. The highest BCUT2D eigenvalue weighted by Crippen LogP contribution is 2.29. The zero-order valence-electron chi connectivity index (χ0n) is 14.2. The zero-order chi connectivity index (χ0) is 17.6. The van der Waals surface area contributed by atoms with Gasteiger partial charge < -0.3 is 14.2 Å². The molecule has 25 heavy (non-hydrogen) atoms. The van der Waals surface area contributed by atoms with Crippen molar-refractivity contribution in [1.82, 2.24) is 0 Å². The number of aliphatic imine (C=N–C) groups is 1. The third-order valence-electron chi connectivity index (χ3n) is 3.59. The van der Waals surface area contributed by atoms with Crippen molar-refractivity contribution in [2.75, 3.05) is 13.7 Å². The molecule has 5 nitrogen and oxygen atoms in total. The summed E-state index contributed by atoms with van der Waals surface area (Å²) >= 11 is 0. The number of carbonyl (C=O) groups is 1. The van der Waals surface area contributed by atoms with Gasteiger partial charge in [0.05, 0.1) is 13.7 Å². The van der Waals surface area contributed by atoms with Gasteiger partial charge in [0.25, 0.3) is 0 Å². The normalized spacial score (nSPS) is 15.0. The first kappa shape index (κ1) is 16.8. The predicted molar refractivity (Wildman–Crippen MR) is 95.8 cm³/mol. The Morgan fingerprint density at radius 3 is 2.64 bits per heavy atom. The van der Waals surface area contributed by atoms with Gasteiger partial charge in [0, 0.05) is 5.56 Å². The molecule has 1 heterocycles. The van der Waals surface area contributed by atoms with Gasteiger partial charge in [-0.1, -0.05) is 31.2 Å². The van der Waals surface area contributed by atoms with Gasteiger partial charge in [-0.3, -0.25) is 0 Å². The van der Waals surface area contributed by atoms with Crippen molar-refractivity contribution < 1.29 is 19.0 Å². The Morgan fingerprint density at radius 1 is 1.12 bits per heavy atom. The fraction of sp³-hybridized carbons (Fsp3) is 0.200. The average molecular weight is 337 g/mol. The lowest BCUT2D eigenvalue weighted by Gasteiger charge is -2.10. The fourth-order valence-electron chi connectivity index (χ4n) is 2.38. The maximum Gasteiger partial charge on any atom is 0.363 e. The minimum atomic E-state index is -0.468. The Hall–Kier alpha value is -3.08. The summed E-state index contributed by atoms with van der Waals surface area (Å²) in [5.74, 6) is 1.13. The summed E-state index contributed by atoms with van der Waals surface area (Å²) < 4.78 is 16.2. The van der Waals surface area contributed by atoms with E-state index in [4.69, 9.17) is 14.2 Å². The highest BCUT2D eigenvalue weighted by Gasteiger charge is 2.24. The molecule has 0 amide bonds. The molecule has 0 radical (unpaired) electrons. The number of nitrogens with zero attached hydrogens (tertiary/aromatic N) is 1. The number of hydrogen-bond acceptors (Lipinski definition) is 5. The smallest absolute Gasteiger partial charge is 0.363 e. The van der Waals surface area contributed by atoms with Gasteiger partial charge in [0.15, 0.2) is 17.2 Å². The Labute approximate surface area is 146 Å². The maximum absolute atomic E-state index is 12.1. The van der Waals surface area contributed by atoms with Crippen LogP contribution in [0.4, 0.5) is 0 Å². The molecule has 0 fully saturated rings. The molecule has 2 aromatic carbocycles. The van der Waals surface area contributed by atoms with Crippen molar-refractivity contribution >= 4 is 17.9 Å². The van der Waals surface area contributed by atoms with Gasteiger partial charge >= 0.3 is 5.97 Å². The standard InChI is InChI=1S/C20H19NO4/c1-3-11-24-17-10-9-14(13-18(17)23-2)12-16-20(22)25-19(21-16)15-7-5-4-6-8-15/h4-10,12-13H,3,11H2,1-2H3/b16-12-. The molecule has 0 saturated carbocycles. The molecule has 0 spiro atoms. The topological polar surface area (TPSA) is 57.1 Å². The fourth-order valence-corrected chi connectivity index (χ4v) is 2.38. The quantitative estimate of drug-likeness (QED) is 0.594. The second-order valence-corrected chi connectivity index (χ2v) is 5.46. The Morgan fingerprint density at radius 2 is 1.92 bits per heavy atom. The molecular weight excluding hydrogens is 318 g/mol. The van der Waals surface area contributed by atoms with Crippen LogP contribution in [0, 0.1) is 0 Å². The van der Waals surface area contributed by atoms with Crippen molar-refractivity contribution in [1.29, 1.82) is 0 Å². The van der Waals surface area contributed by atoms with Crippen molar-refractivity contribution in [3.63, 3.8) is 0 Å². The number of methoxy groups -OCH3 is 1. The van der Waals surface area contributed by atoms with Gasteiger partial charge in [-0.05, 0) is 42.3 Å². The minimum absolute atomic E-state index is 0.253. The number of ether oxygens (including phenoxy) is 3. The van der Waals surface area contributed by atoms with Crippen LogP contribution in [-0.2, 0) is 9.53 Å². The number of benzene rings is 2. The third-order valence-corrected chi connectivity index (χ3v) is 3.59. The van der Waals surface area contributed by atoms with Crippen LogP contribution in [0.15, 0.2) is 59.2 Å². The Balaban J connectivity index is 1.87. The summed E-state index contributed by atoms with van der Waals surface area (Å²) in [4.78, 5) is 16.4. The van der Waals surface area contributed by atoms with Crippen LogP contribution >= 0.6 is 0 Å². The summed E-state index contributed by atoms with van der Waals surface area (Å²) in [5, 5.41) is 0. The lowest BCUT2D eigenvalue weighted by Crippen LogP contribution is -2.04. The molecule has 0 bridgehead atoms. The molecule has 5 heteroatoms. The lowest BCUT2D eigenvalue weighted by molar-refractivity contribution is -0.129. The van der Waals surface area contributed by atoms with Crippen molar-refractivity contribution in [2.45, 2.75) is 13.3 Å². The number of hydrogen-bond donors (Lipinski definition) is 0. The second kappa shape index (κ2) is 7.66. The molecule has 0 aliphatic carbocycles. The molecule has 0 unspecified atom stereocenters. The van der Waals surface area contributed by atoms with E-state index >= 15 is 0 Å². The van der Waals surface area contributed by atoms with Gasteiger partial charge in [0.2, 0.25) is 5.90 Å². The predicted octanol–water partition coefficient (Wildman–Crippen LogP) is 3.83. The van der Waals surface area contributed by atoms with E-state index in [1.54, 1.807) is 19.3 Å². The largest absolute Gasteiger partial charge is 0.493 e. The average Bonchev–Trinajstić information content (AvgIpc) is 3.02. The molecule has 1 aliphatic rings. The summed E-state index contributed by atoms with van der Waals surface area (Å²) in [6, 6.07) is 14.8. The van der Waals surface area contributed by atoms with E-state index < -0.39 is 5.97 Å². The highest BCUT2D eigenvalue weighted by molar-refractivity contribution is 6.12.